The second kappa shape index (κ2) is 11.0. The first kappa shape index (κ1) is 27.1. The van der Waals surface area contributed by atoms with Crippen LogP contribution < -0.4 is 26.1 Å². The maximum Gasteiger partial charge on any atom is 0.278 e. The van der Waals surface area contributed by atoms with Gasteiger partial charge in [0, 0.05) is 43.1 Å². The van der Waals surface area contributed by atoms with Gasteiger partial charge in [0.25, 0.3) is 11.1 Å². The lowest BCUT2D eigenvalue weighted by atomic mass is 10.2. The molecule has 4 aromatic rings. The number of rotatable bonds is 9. The molecule has 12 nitrogen and oxygen atoms in total. The standard InChI is InChI=1S/C28H35N9O3/c1-7-13-35-27(39)21-16-29-28(31-26(21)37(35)24-10-11-25(38)36(32-24)18(2)3)30-19-8-9-22(23(15-19)40-6)34-14-12-20(17-34)33(4)5/h7-11,15-16,18,20H,1,12-14,17H2,2-6H3,(H,29,30,31)/t20-/m1/s1. The smallest absolute Gasteiger partial charge is 0.278 e. The number of fused-ring (bicyclic) bond motifs is 1. The number of benzene rings is 1. The number of nitrogens with one attached hydrogen (secondary N) is 1. The van der Waals surface area contributed by atoms with Crippen molar-refractivity contribution >= 4 is 28.4 Å². The fraction of sp³-hybridized carbons (Fsp3) is 0.393. The molecule has 1 N–H and O–H groups in total. The molecular weight excluding hydrogens is 510 g/mol. The second-order valence-corrected chi connectivity index (χ2v) is 10.4. The van der Waals surface area contributed by atoms with Gasteiger partial charge in [-0.25, -0.2) is 19.0 Å². The minimum atomic E-state index is -0.279. The van der Waals surface area contributed by atoms with Gasteiger partial charge in [-0.05, 0) is 52.6 Å². The molecule has 1 aromatic carbocycles. The van der Waals surface area contributed by atoms with Gasteiger partial charge < -0.3 is 19.9 Å². The van der Waals surface area contributed by atoms with Crippen LogP contribution in [-0.4, -0.2) is 74.3 Å². The topological polar surface area (TPSA) is 115 Å². The third-order valence-electron chi connectivity index (χ3n) is 7.16. The van der Waals surface area contributed by atoms with Gasteiger partial charge in [-0.2, -0.15) is 4.98 Å². The number of aromatic nitrogens is 6. The number of anilines is 3. The van der Waals surface area contributed by atoms with Crippen molar-refractivity contribution in [2.45, 2.75) is 38.9 Å². The predicted octanol–water partition coefficient (Wildman–Crippen LogP) is 2.80. The predicted molar refractivity (Wildman–Crippen MR) is 156 cm³/mol. The van der Waals surface area contributed by atoms with E-state index in [1.54, 1.807) is 23.9 Å². The summed E-state index contributed by atoms with van der Waals surface area (Å²) in [5.41, 5.74) is 1.64. The maximum atomic E-state index is 13.3. The van der Waals surface area contributed by atoms with Gasteiger partial charge in [-0.3, -0.25) is 9.59 Å². The van der Waals surface area contributed by atoms with Gasteiger partial charge in [-0.15, -0.1) is 11.7 Å². The summed E-state index contributed by atoms with van der Waals surface area (Å²) in [7, 11) is 5.88. The highest BCUT2D eigenvalue weighted by molar-refractivity contribution is 5.77. The first-order valence-corrected chi connectivity index (χ1v) is 13.3. The maximum absolute atomic E-state index is 13.3. The van der Waals surface area contributed by atoms with Crippen molar-refractivity contribution in [1.82, 2.24) is 34.0 Å². The Morgan fingerprint density at radius 2 is 2.02 bits per heavy atom. The zero-order valence-electron chi connectivity index (χ0n) is 23.5. The number of likely N-dealkylation sites (N-methyl/N-ethyl adjacent to an activating group) is 1. The molecule has 0 unspecified atom stereocenters. The first-order valence-electron chi connectivity index (χ1n) is 13.3. The van der Waals surface area contributed by atoms with Crippen molar-refractivity contribution < 1.29 is 4.74 Å². The number of nitrogens with zero attached hydrogens (tertiary/aromatic N) is 8. The van der Waals surface area contributed by atoms with Crippen LogP contribution in [0.4, 0.5) is 17.3 Å². The molecule has 0 saturated carbocycles. The van der Waals surface area contributed by atoms with Crippen LogP contribution in [0.2, 0.25) is 0 Å². The summed E-state index contributed by atoms with van der Waals surface area (Å²) in [6, 6.07) is 9.28. The van der Waals surface area contributed by atoms with E-state index in [1.165, 1.54) is 21.6 Å². The van der Waals surface area contributed by atoms with Crippen molar-refractivity contribution in [3.8, 4) is 11.6 Å². The largest absolute Gasteiger partial charge is 0.495 e. The van der Waals surface area contributed by atoms with Crippen molar-refractivity contribution in [1.29, 1.82) is 0 Å². The lowest BCUT2D eigenvalue weighted by molar-refractivity contribution is 0.315. The van der Waals surface area contributed by atoms with Crippen molar-refractivity contribution in [2.75, 3.05) is 44.5 Å². The van der Waals surface area contributed by atoms with Crippen LogP contribution in [0, 0.1) is 0 Å². The highest BCUT2D eigenvalue weighted by Crippen LogP contribution is 2.34. The molecule has 12 heteroatoms. The monoisotopic (exact) mass is 545 g/mol. The van der Waals surface area contributed by atoms with E-state index in [4.69, 9.17) is 9.72 Å². The lowest BCUT2D eigenvalue weighted by Gasteiger charge is -2.23. The minimum Gasteiger partial charge on any atom is -0.495 e. The third kappa shape index (κ3) is 4.97. The lowest BCUT2D eigenvalue weighted by Crippen LogP contribution is -2.31. The Bertz CT molecular complexity index is 1670. The summed E-state index contributed by atoms with van der Waals surface area (Å²) in [6.45, 7) is 9.65. The van der Waals surface area contributed by atoms with Gasteiger partial charge in [0.2, 0.25) is 5.95 Å². The molecule has 1 atom stereocenters. The van der Waals surface area contributed by atoms with Gasteiger partial charge >= 0.3 is 0 Å². The Kier molecular flexibility index (Phi) is 7.44. The number of hydrogen-bond acceptors (Lipinski definition) is 9. The van der Waals surface area contributed by atoms with Crippen LogP contribution in [0.25, 0.3) is 16.9 Å². The van der Waals surface area contributed by atoms with Gasteiger partial charge in [0.15, 0.2) is 11.5 Å². The van der Waals surface area contributed by atoms with Crippen LogP contribution >= 0.6 is 0 Å². The van der Waals surface area contributed by atoms with Crippen LogP contribution in [0.1, 0.15) is 26.3 Å². The van der Waals surface area contributed by atoms with E-state index < -0.39 is 0 Å². The van der Waals surface area contributed by atoms with E-state index in [0.29, 0.717) is 28.8 Å². The number of hydrogen-bond donors (Lipinski definition) is 1. The van der Waals surface area contributed by atoms with Crippen LogP contribution in [0.15, 0.2) is 58.8 Å². The number of methoxy groups -OCH3 is 1. The molecule has 0 amide bonds. The Morgan fingerprint density at radius 3 is 2.70 bits per heavy atom. The highest BCUT2D eigenvalue weighted by Gasteiger charge is 2.26. The zero-order chi connectivity index (χ0) is 28.6. The Labute approximate surface area is 232 Å². The van der Waals surface area contributed by atoms with E-state index in [2.05, 4.69) is 45.9 Å². The molecule has 0 radical (unpaired) electrons. The summed E-state index contributed by atoms with van der Waals surface area (Å²) in [6.07, 6.45) is 4.22. The second-order valence-electron chi connectivity index (χ2n) is 10.4. The average Bonchev–Trinajstić information content (AvgIpc) is 3.53. The number of allylic oxidation sites excluding steroid dienone is 1. The molecule has 0 spiro atoms. The Balaban J connectivity index is 1.53. The quantitative estimate of drug-likeness (QED) is 0.317. The molecule has 1 fully saturated rings. The molecule has 1 saturated heterocycles. The third-order valence-corrected chi connectivity index (χ3v) is 7.16. The molecule has 3 aromatic heterocycles. The molecule has 1 aliphatic rings. The summed E-state index contributed by atoms with van der Waals surface area (Å²) in [5.74, 6) is 1.44. The van der Waals surface area contributed by atoms with Crippen molar-refractivity contribution in [2.24, 2.45) is 0 Å². The van der Waals surface area contributed by atoms with Crippen LogP contribution in [0.5, 0.6) is 5.75 Å². The summed E-state index contributed by atoms with van der Waals surface area (Å²) in [5, 5.41) is 8.09. The molecule has 210 valence electrons. The fourth-order valence-electron chi connectivity index (χ4n) is 5.03. The summed E-state index contributed by atoms with van der Waals surface area (Å²) >= 11 is 0. The van der Waals surface area contributed by atoms with E-state index in [1.807, 2.05) is 32.0 Å². The highest BCUT2D eigenvalue weighted by atomic mass is 16.5. The normalized spacial score (nSPS) is 15.4. The fourth-order valence-corrected chi connectivity index (χ4v) is 5.03. The van der Waals surface area contributed by atoms with Crippen molar-refractivity contribution in [3.05, 3.63) is 69.9 Å². The van der Waals surface area contributed by atoms with E-state index in [9.17, 15) is 9.59 Å². The van der Waals surface area contributed by atoms with Crippen LogP contribution in [-0.2, 0) is 6.54 Å². The molecule has 5 rings (SSSR count). The van der Waals surface area contributed by atoms with Gasteiger partial charge in [0.05, 0.1) is 25.4 Å². The van der Waals surface area contributed by atoms with E-state index in [-0.39, 0.29) is 23.7 Å². The van der Waals surface area contributed by atoms with E-state index >= 15 is 0 Å². The average molecular weight is 546 g/mol. The molecule has 0 aliphatic carbocycles. The van der Waals surface area contributed by atoms with Gasteiger partial charge in [0.1, 0.15) is 11.1 Å². The summed E-state index contributed by atoms with van der Waals surface area (Å²) in [4.78, 5) is 39.3. The molecule has 4 heterocycles. The molecule has 40 heavy (non-hydrogen) atoms. The summed E-state index contributed by atoms with van der Waals surface area (Å²) < 4.78 is 10.2. The molecular formula is C28H35N9O3. The molecule has 0 bridgehead atoms. The van der Waals surface area contributed by atoms with Crippen molar-refractivity contribution in [3.63, 3.8) is 0 Å². The van der Waals surface area contributed by atoms with Crippen LogP contribution in [0.3, 0.4) is 0 Å². The molecule has 1 aliphatic heterocycles. The van der Waals surface area contributed by atoms with Gasteiger partial charge in [-0.1, -0.05) is 6.08 Å². The Hall–Kier alpha value is -4.45. The van der Waals surface area contributed by atoms with E-state index in [0.717, 1.165) is 36.6 Å². The minimum absolute atomic E-state index is 0.159. The Morgan fingerprint density at radius 1 is 1.23 bits per heavy atom. The first-order chi connectivity index (χ1) is 19.2. The zero-order valence-corrected chi connectivity index (χ0v) is 23.5. The number of ether oxygens (including phenoxy) is 1. The SMILES string of the molecule is C=CCn1c(=O)c2cnc(Nc3ccc(N4CC[C@@H](N(C)C)C4)c(OC)c3)nc2n1-c1ccc(=O)n(C(C)C)n1.